The number of carbonyl (C=O) groups excluding carboxylic acids is 1. The van der Waals surface area contributed by atoms with Crippen LogP contribution >= 0.6 is 15.9 Å². The zero-order valence-electron chi connectivity index (χ0n) is 10.0. The van der Waals surface area contributed by atoms with Crippen molar-refractivity contribution in [3.05, 3.63) is 22.7 Å². The second-order valence-electron chi connectivity index (χ2n) is 3.57. The van der Waals surface area contributed by atoms with Gasteiger partial charge in [0.1, 0.15) is 5.75 Å². The van der Waals surface area contributed by atoms with Crippen LogP contribution in [0.4, 0.5) is 5.69 Å². The summed E-state index contributed by atoms with van der Waals surface area (Å²) in [5, 5.41) is 5.84. The van der Waals surface area contributed by atoms with Gasteiger partial charge in [0.15, 0.2) is 0 Å². The van der Waals surface area contributed by atoms with E-state index >= 15 is 0 Å². The molecule has 1 aromatic rings. The number of ether oxygens (including phenoxy) is 1. The second kappa shape index (κ2) is 7.29. The summed E-state index contributed by atoms with van der Waals surface area (Å²) in [6, 6.07) is 5.44. The first-order valence-electron chi connectivity index (χ1n) is 5.51. The summed E-state index contributed by atoms with van der Waals surface area (Å²) in [6.07, 6.45) is 1.01. The van der Waals surface area contributed by atoms with E-state index in [1.54, 1.807) is 13.2 Å². The summed E-state index contributed by atoms with van der Waals surface area (Å²) in [4.78, 5) is 11.5. The average molecular weight is 301 g/mol. The van der Waals surface area contributed by atoms with Crippen LogP contribution in [0, 0.1) is 0 Å². The number of hydrogen-bond acceptors (Lipinski definition) is 3. The molecule has 1 rings (SSSR count). The predicted molar refractivity (Wildman–Crippen MR) is 72.5 cm³/mol. The van der Waals surface area contributed by atoms with Crippen molar-refractivity contribution in [3.63, 3.8) is 0 Å². The third-order valence-corrected chi connectivity index (χ3v) is 2.80. The van der Waals surface area contributed by atoms with Crippen molar-refractivity contribution in [2.75, 3.05) is 25.5 Å². The van der Waals surface area contributed by atoms with Gasteiger partial charge in [-0.15, -0.1) is 0 Å². The van der Waals surface area contributed by atoms with E-state index in [1.807, 2.05) is 12.1 Å². The smallest absolute Gasteiger partial charge is 0.238 e. The molecule has 0 bridgehead atoms. The van der Waals surface area contributed by atoms with Crippen LogP contribution in [0.1, 0.15) is 13.3 Å². The SMILES string of the molecule is CCCNCC(=O)Nc1ccc(Br)c(OC)c1. The number of methoxy groups -OCH3 is 1. The van der Waals surface area contributed by atoms with Crippen molar-refractivity contribution in [1.29, 1.82) is 0 Å². The van der Waals surface area contributed by atoms with E-state index in [1.165, 1.54) is 0 Å². The fourth-order valence-electron chi connectivity index (χ4n) is 1.32. The molecule has 0 saturated heterocycles. The molecule has 0 fully saturated rings. The highest BCUT2D eigenvalue weighted by atomic mass is 79.9. The van der Waals surface area contributed by atoms with Gasteiger partial charge < -0.3 is 15.4 Å². The molecule has 94 valence electrons. The average Bonchev–Trinajstić information content (AvgIpc) is 2.32. The molecule has 0 aliphatic carbocycles. The number of halogens is 1. The molecular weight excluding hydrogens is 284 g/mol. The lowest BCUT2D eigenvalue weighted by Gasteiger charge is -2.08. The molecule has 0 aliphatic rings. The minimum atomic E-state index is -0.0529. The first-order chi connectivity index (χ1) is 8.17. The van der Waals surface area contributed by atoms with Crippen molar-refractivity contribution in [2.45, 2.75) is 13.3 Å². The van der Waals surface area contributed by atoms with Gasteiger partial charge in [0.25, 0.3) is 0 Å². The van der Waals surface area contributed by atoms with Crippen LogP contribution in [-0.4, -0.2) is 26.1 Å². The number of carbonyl (C=O) groups is 1. The number of rotatable bonds is 6. The van der Waals surface area contributed by atoms with Gasteiger partial charge in [-0.05, 0) is 41.0 Å². The monoisotopic (exact) mass is 300 g/mol. The maximum absolute atomic E-state index is 11.5. The van der Waals surface area contributed by atoms with Gasteiger partial charge in [-0.2, -0.15) is 0 Å². The highest BCUT2D eigenvalue weighted by molar-refractivity contribution is 9.10. The van der Waals surface area contributed by atoms with Crippen LogP contribution < -0.4 is 15.4 Å². The van der Waals surface area contributed by atoms with Gasteiger partial charge in [-0.25, -0.2) is 0 Å². The quantitative estimate of drug-likeness (QED) is 0.793. The van der Waals surface area contributed by atoms with Gasteiger partial charge >= 0.3 is 0 Å². The maximum atomic E-state index is 11.5. The summed E-state index contributed by atoms with van der Waals surface area (Å²) in [7, 11) is 1.59. The highest BCUT2D eigenvalue weighted by Gasteiger charge is 2.04. The third-order valence-electron chi connectivity index (χ3n) is 2.15. The molecule has 5 heteroatoms. The van der Waals surface area contributed by atoms with Gasteiger partial charge in [0.2, 0.25) is 5.91 Å². The normalized spacial score (nSPS) is 10.1. The molecule has 1 amide bonds. The van der Waals surface area contributed by atoms with E-state index < -0.39 is 0 Å². The maximum Gasteiger partial charge on any atom is 0.238 e. The van der Waals surface area contributed by atoms with E-state index in [-0.39, 0.29) is 5.91 Å². The number of hydrogen-bond donors (Lipinski definition) is 2. The van der Waals surface area contributed by atoms with Crippen LogP contribution in [0.2, 0.25) is 0 Å². The first-order valence-corrected chi connectivity index (χ1v) is 6.30. The topological polar surface area (TPSA) is 50.4 Å². The van der Waals surface area contributed by atoms with E-state index in [0.29, 0.717) is 12.3 Å². The zero-order valence-corrected chi connectivity index (χ0v) is 11.6. The van der Waals surface area contributed by atoms with Gasteiger partial charge in [0.05, 0.1) is 18.1 Å². The first kappa shape index (κ1) is 14.0. The minimum Gasteiger partial charge on any atom is -0.495 e. The van der Waals surface area contributed by atoms with E-state index in [9.17, 15) is 4.79 Å². The molecule has 2 N–H and O–H groups in total. The lowest BCUT2D eigenvalue weighted by Crippen LogP contribution is -2.28. The Hall–Kier alpha value is -1.07. The number of amides is 1. The third kappa shape index (κ3) is 4.75. The molecule has 4 nitrogen and oxygen atoms in total. The molecular formula is C12H17BrN2O2. The number of nitrogens with one attached hydrogen (secondary N) is 2. The number of benzene rings is 1. The van der Waals surface area contributed by atoms with Gasteiger partial charge in [-0.3, -0.25) is 4.79 Å². The summed E-state index contributed by atoms with van der Waals surface area (Å²) < 4.78 is 6.02. The fourth-order valence-corrected chi connectivity index (χ4v) is 1.73. The Balaban J connectivity index is 2.53. The summed E-state index contributed by atoms with van der Waals surface area (Å²) >= 11 is 3.36. The molecule has 0 radical (unpaired) electrons. The Morgan fingerprint density at radius 2 is 2.24 bits per heavy atom. The molecule has 0 saturated carbocycles. The second-order valence-corrected chi connectivity index (χ2v) is 4.43. The van der Waals surface area contributed by atoms with Crippen molar-refractivity contribution in [2.24, 2.45) is 0 Å². The van der Waals surface area contributed by atoms with E-state index in [0.717, 1.165) is 23.1 Å². The Bertz CT molecular complexity index is 383. The molecule has 1 aromatic carbocycles. The predicted octanol–water partition coefficient (Wildman–Crippen LogP) is 2.40. The summed E-state index contributed by atoms with van der Waals surface area (Å²) in [6.45, 7) is 3.23. The van der Waals surface area contributed by atoms with Crippen LogP contribution in [0.3, 0.4) is 0 Å². The largest absolute Gasteiger partial charge is 0.495 e. The molecule has 0 unspecified atom stereocenters. The molecule has 0 spiro atoms. The highest BCUT2D eigenvalue weighted by Crippen LogP contribution is 2.27. The lowest BCUT2D eigenvalue weighted by molar-refractivity contribution is -0.115. The van der Waals surface area contributed by atoms with Crippen molar-refractivity contribution in [3.8, 4) is 5.75 Å². The van der Waals surface area contributed by atoms with Crippen LogP contribution in [0.15, 0.2) is 22.7 Å². The molecule has 0 aliphatic heterocycles. The van der Waals surface area contributed by atoms with E-state index in [2.05, 4.69) is 33.5 Å². The van der Waals surface area contributed by atoms with Crippen LogP contribution in [-0.2, 0) is 4.79 Å². The zero-order chi connectivity index (χ0) is 12.7. The molecule has 0 heterocycles. The van der Waals surface area contributed by atoms with Crippen LogP contribution in [0.25, 0.3) is 0 Å². The molecule has 17 heavy (non-hydrogen) atoms. The number of anilines is 1. The Kier molecular flexibility index (Phi) is 6.00. The summed E-state index contributed by atoms with van der Waals surface area (Å²) in [5.74, 6) is 0.646. The Labute approximate surface area is 110 Å². The van der Waals surface area contributed by atoms with Crippen molar-refractivity contribution < 1.29 is 9.53 Å². The summed E-state index contributed by atoms with van der Waals surface area (Å²) in [5.41, 5.74) is 0.730. The van der Waals surface area contributed by atoms with Gasteiger partial charge in [-0.1, -0.05) is 6.92 Å². The molecule has 0 atom stereocenters. The molecule has 0 aromatic heterocycles. The van der Waals surface area contributed by atoms with Gasteiger partial charge in [0, 0.05) is 11.8 Å². The van der Waals surface area contributed by atoms with Crippen molar-refractivity contribution in [1.82, 2.24) is 5.32 Å². The Morgan fingerprint density at radius 3 is 2.88 bits per heavy atom. The fraction of sp³-hybridized carbons (Fsp3) is 0.417. The van der Waals surface area contributed by atoms with E-state index in [4.69, 9.17) is 4.74 Å². The Morgan fingerprint density at radius 1 is 1.47 bits per heavy atom. The van der Waals surface area contributed by atoms with Crippen LogP contribution in [0.5, 0.6) is 5.75 Å². The minimum absolute atomic E-state index is 0.0529. The lowest BCUT2D eigenvalue weighted by atomic mass is 10.3. The standard InChI is InChI=1S/C12H17BrN2O2/c1-3-6-14-8-12(16)15-9-4-5-10(13)11(7-9)17-2/h4-5,7,14H,3,6,8H2,1-2H3,(H,15,16). The van der Waals surface area contributed by atoms with Crippen molar-refractivity contribution >= 4 is 27.5 Å².